The average Bonchev–Trinajstić information content (AvgIpc) is 3.33. The highest BCUT2D eigenvalue weighted by molar-refractivity contribution is 5.58. The minimum atomic E-state index is -0.469. The third-order valence-corrected chi connectivity index (χ3v) is 4.75. The van der Waals surface area contributed by atoms with Gasteiger partial charge in [0.1, 0.15) is 12.3 Å². The minimum Gasteiger partial charge on any atom is -0.474 e. The van der Waals surface area contributed by atoms with Crippen molar-refractivity contribution in [1.82, 2.24) is 15.0 Å². The summed E-state index contributed by atoms with van der Waals surface area (Å²) in [5.41, 5.74) is 0.794. The standard InChI is InChI=1S/C18H22N6O3/c25-24(26)15-11-21-18(23-16(15)22-13-7-8-13)20-10-12-4-3-9-19-17(12)27-14-5-1-2-6-14/h3-4,9,11,13-14H,1-2,5-8,10H2,(H2,20,21,22,23). The zero-order valence-electron chi connectivity index (χ0n) is 14.9. The zero-order chi connectivity index (χ0) is 18.6. The van der Waals surface area contributed by atoms with Crippen LogP contribution in [0.25, 0.3) is 0 Å². The van der Waals surface area contributed by atoms with Gasteiger partial charge in [-0.15, -0.1) is 0 Å². The summed E-state index contributed by atoms with van der Waals surface area (Å²) in [5, 5.41) is 17.4. The van der Waals surface area contributed by atoms with Gasteiger partial charge >= 0.3 is 5.69 Å². The fourth-order valence-electron chi connectivity index (χ4n) is 3.12. The first-order valence-corrected chi connectivity index (χ1v) is 9.31. The molecule has 4 rings (SSSR count). The molecule has 0 aliphatic heterocycles. The van der Waals surface area contributed by atoms with Gasteiger partial charge in [0.05, 0.1) is 4.92 Å². The van der Waals surface area contributed by atoms with E-state index in [4.69, 9.17) is 4.74 Å². The number of rotatable bonds is 8. The second kappa shape index (κ2) is 7.73. The van der Waals surface area contributed by atoms with E-state index in [0.717, 1.165) is 31.2 Å². The van der Waals surface area contributed by atoms with E-state index in [0.29, 0.717) is 18.4 Å². The Hall–Kier alpha value is -2.97. The highest BCUT2D eigenvalue weighted by Crippen LogP contribution is 2.30. The van der Waals surface area contributed by atoms with E-state index >= 15 is 0 Å². The molecule has 0 aromatic carbocycles. The molecule has 2 aliphatic carbocycles. The summed E-state index contributed by atoms with van der Waals surface area (Å²) in [6.07, 6.45) is 9.69. The van der Waals surface area contributed by atoms with Crippen molar-refractivity contribution in [3.8, 4) is 5.88 Å². The molecular formula is C18H22N6O3. The van der Waals surface area contributed by atoms with Crippen LogP contribution in [0.3, 0.4) is 0 Å². The van der Waals surface area contributed by atoms with Gasteiger partial charge in [-0.1, -0.05) is 6.07 Å². The molecule has 0 bridgehead atoms. The number of nitro groups is 1. The van der Waals surface area contributed by atoms with Crippen LogP contribution in [0, 0.1) is 10.1 Å². The SMILES string of the molecule is O=[N+]([O-])c1cnc(NCc2cccnc2OC2CCCC2)nc1NC1CC1. The Balaban J connectivity index is 1.46. The average molecular weight is 370 g/mol. The molecule has 0 atom stereocenters. The molecule has 142 valence electrons. The third-order valence-electron chi connectivity index (χ3n) is 4.75. The largest absolute Gasteiger partial charge is 0.474 e. The van der Waals surface area contributed by atoms with Crippen LogP contribution < -0.4 is 15.4 Å². The Kier molecular flexibility index (Phi) is 4.99. The molecule has 2 N–H and O–H groups in total. The topological polar surface area (TPSA) is 115 Å². The molecule has 0 spiro atoms. The van der Waals surface area contributed by atoms with Crippen LogP contribution in [0.15, 0.2) is 24.5 Å². The molecule has 2 aromatic rings. The van der Waals surface area contributed by atoms with Crippen LogP contribution in [0.5, 0.6) is 5.88 Å². The molecule has 9 heteroatoms. The maximum atomic E-state index is 11.2. The first-order valence-electron chi connectivity index (χ1n) is 9.31. The van der Waals surface area contributed by atoms with Crippen LogP contribution in [0.4, 0.5) is 17.5 Å². The summed E-state index contributed by atoms with van der Waals surface area (Å²) in [7, 11) is 0. The smallest absolute Gasteiger partial charge is 0.329 e. The molecule has 2 aliphatic rings. The quantitative estimate of drug-likeness (QED) is 0.537. The molecule has 0 unspecified atom stereocenters. The van der Waals surface area contributed by atoms with Crippen molar-refractivity contribution >= 4 is 17.5 Å². The number of hydrogen-bond acceptors (Lipinski definition) is 8. The van der Waals surface area contributed by atoms with Gasteiger partial charge in [-0.25, -0.2) is 9.97 Å². The van der Waals surface area contributed by atoms with E-state index in [1.165, 1.54) is 19.0 Å². The van der Waals surface area contributed by atoms with E-state index < -0.39 is 4.92 Å². The Bertz CT molecular complexity index is 820. The van der Waals surface area contributed by atoms with Gasteiger partial charge < -0.3 is 15.4 Å². The molecule has 27 heavy (non-hydrogen) atoms. The molecule has 2 aromatic heterocycles. The molecule has 2 saturated carbocycles. The lowest BCUT2D eigenvalue weighted by molar-refractivity contribution is -0.384. The third kappa shape index (κ3) is 4.42. The maximum absolute atomic E-state index is 11.2. The summed E-state index contributed by atoms with van der Waals surface area (Å²) in [5.74, 6) is 1.21. The van der Waals surface area contributed by atoms with Crippen molar-refractivity contribution in [3.05, 3.63) is 40.2 Å². The number of anilines is 2. The van der Waals surface area contributed by atoms with Crippen LogP contribution >= 0.6 is 0 Å². The Morgan fingerprint density at radius 2 is 2.04 bits per heavy atom. The fraction of sp³-hybridized carbons (Fsp3) is 0.500. The van der Waals surface area contributed by atoms with E-state index in [1.54, 1.807) is 6.20 Å². The molecule has 9 nitrogen and oxygen atoms in total. The number of pyridine rings is 1. The van der Waals surface area contributed by atoms with Gasteiger partial charge in [-0.2, -0.15) is 4.98 Å². The number of ether oxygens (including phenoxy) is 1. The summed E-state index contributed by atoms with van der Waals surface area (Å²) in [4.78, 5) is 23.4. The fourth-order valence-corrected chi connectivity index (χ4v) is 3.12. The predicted octanol–water partition coefficient (Wildman–Crippen LogP) is 3.29. The summed E-state index contributed by atoms with van der Waals surface area (Å²) >= 11 is 0. The van der Waals surface area contributed by atoms with Crippen molar-refractivity contribution in [3.63, 3.8) is 0 Å². The number of aromatic nitrogens is 3. The first-order chi connectivity index (χ1) is 13.2. The Morgan fingerprint density at radius 3 is 2.78 bits per heavy atom. The van der Waals surface area contributed by atoms with Crippen molar-refractivity contribution in [2.24, 2.45) is 0 Å². The summed E-state index contributed by atoms with van der Waals surface area (Å²) in [6.45, 7) is 0.427. The molecule has 2 heterocycles. The van der Waals surface area contributed by atoms with E-state index in [1.807, 2.05) is 12.1 Å². The van der Waals surface area contributed by atoms with Crippen molar-refractivity contribution in [2.75, 3.05) is 10.6 Å². The number of nitrogens with one attached hydrogen (secondary N) is 2. The summed E-state index contributed by atoms with van der Waals surface area (Å²) < 4.78 is 6.04. The monoisotopic (exact) mass is 370 g/mol. The van der Waals surface area contributed by atoms with Gasteiger partial charge in [0.15, 0.2) is 0 Å². The second-order valence-electron chi connectivity index (χ2n) is 6.95. The molecular weight excluding hydrogens is 348 g/mol. The van der Waals surface area contributed by atoms with Gasteiger partial charge in [0, 0.05) is 24.3 Å². The molecule has 0 radical (unpaired) electrons. The maximum Gasteiger partial charge on any atom is 0.329 e. The lowest BCUT2D eigenvalue weighted by Crippen LogP contribution is -2.15. The van der Waals surface area contributed by atoms with Crippen LogP contribution in [-0.2, 0) is 6.54 Å². The van der Waals surface area contributed by atoms with Crippen molar-refractivity contribution < 1.29 is 9.66 Å². The van der Waals surface area contributed by atoms with Gasteiger partial charge in [-0.05, 0) is 44.6 Å². The number of nitrogens with zero attached hydrogens (tertiary/aromatic N) is 4. The van der Waals surface area contributed by atoms with E-state index in [-0.39, 0.29) is 23.7 Å². The number of hydrogen-bond donors (Lipinski definition) is 2. The van der Waals surface area contributed by atoms with Crippen LogP contribution in [0.2, 0.25) is 0 Å². The van der Waals surface area contributed by atoms with Crippen molar-refractivity contribution in [1.29, 1.82) is 0 Å². The van der Waals surface area contributed by atoms with E-state index in [9.17, 15) is 10.1 Å². The van der Waals surface area contributed by atoms with Gasteiger partial charge in [-0.3, -0.25) is 10.1 Å². The van der Waals surface area contributed by atoms with E-state index in [2.05, 4.69) is 25.6 Å². The second-order valence-corrected chi connectivity index (χ2v) is 6.95. The Labute approximate surface area is 156 Å². The summed E-state index contributed by atoms with van der Waals surface area (Å²) in [6, 6.07) is 4.06. The first kappa shape index (κ1) is 17.4. The predicted molar refractivity (Wildman–Crippen MR) is 99.8 cm³/mol. The highest BCUT2D eigenvalue weighted by atomic mass is 16.6. The highest BCUT2D eigenvalue weighted by Gasteiger charge is 2.26. The van der Waals surface area contributed by atoms with Gasteiger partial charge in [0.25, 0.3) is 0 Å². The molecule has 0 amide bonds. The lowest BCUT2D eigenvalue weighted by Gasteiger charge is -2.15. The van der Waals surface area contributed by atoms with Crippen molar-refractivity contribution in [2.45, 2.75) is 57.2 Å². The van der Waals surface area contributed by atoms with Gasteiger partial charge in [0.2, 0.25) is 17.6 Å². The molecule has 0 saturated heterocycles. The normalized spacial score (nSPS) is 16.9. The Morgan fingerprint density at radius 1 is 1.22 bits per heavy atom. The zero-order valence-corrected chi connectivity index (χ0v) is 14.9. The molecule has 2 fully saturated rings. The minimum absolute atomic E-state index is 0.112. The van der Waals surface area contributed by atoms with Crippen LogP contribution in [-0.4, -0.2) is 32.0 Å². The lowest BCUT2D eigenvalue weighted by atomic mass is 10.2. The van der Waals surface area contributed by atoms with Crippen LogP contribution in [0.1, 0.15) is 44.1 Å².